The first-order valence-electron chi connectivity index (χ1n) is 11.6. The number of pyridine rings is 2. The minimum atomic E-state index is -0.466. The number of benzene rings is 1. The van der Waals surface area contributed by atoms with Gasteiger partial charge in [0.1, 0.15) is 0 Å². The Hall–Kier alpha value is -4.33. The maximum atomic E-state index is 13.4. The third-order valence-corrected chi connectivity index (χ3v) is 6.35. The van der Waals surface area contributed by atoms with E-state index in [-0.39, 0.29) is 11.8 Å². The molecule has 1 fully saturated rings. The average Bonchev–Trinajstić information content (AvgIpc) is 3.35. The normalized spacial score (nSPS) is 15.7. The predicted octanol–water partition coefficient (Wildman–Crippen LogP) is 3.66. The fraction of sp³-hybridized carbons (Fsp3) is 0.222. The van der Waals surface area contributed by atoms with Crippen molar-refractivity contribution in [2.75, 3.05) is 13.1 Å². The first kappa shape index (κ1) is 22.5. The van der Waals surface area contributed by atoms with Gasteiger partial charge in [-0.25, -0.2) is 0 Å². The van der Waals surface area contributed by atoms with Crippen molar-refractivity contribution in [3.8, 4) is 22.5 Å². The van der Waals surface area contributed by atoms with E-state index in [2.05, 4.69) is 10.1 Å². The third-order valence-electron chi connectivity index (χ3n) is 6.35. The second-order valence-electron chi connectivity index (χ2n) is 8.82. The molecule has 0 unspecified atom stereocenters. The molecule has 3 aromatic heterocycles. The van der Waals surface area contributed by atoms with E-state index in [0.29, 0.717) is 24.2 Å². The van der Waals surface area contributed by atoms with Crippen molar-refractivity contribution >= 4 is 11.8 Å². The van der Waals surface area contributed by atoms with Gasteiger partial charge in [0.2, 0.25) is 5.91 Å². The summed E-state index contributed by atoms with van der Waals surface area (Å²) in [6.07, 6.45) is 7.15. The van der Waals surface area contributed by atoms with E-state index >= 15 is 0 Å². The van der Waals surface area contributed by atoms with Crippen molar-refractivity contribution in [3.05, 3.63) is 90.0 Å². The Morgan fingerprint density at radius 3 is 2.66 bits per heavy atom. The van der Waals surface area contributed by atoms with E-state index in [0.717, 1.165) is 41.1 Å². The minimum absolute atomic E-state index is 0.00689. The molecule has 2 N–H and O–H groups in total. The summed E-state index contributed by atoms with van der Waals surface area (Å²) in [6, 6.07) is 16.7. The van der Waals surface area contributed by atoms with Gasteiger partial charge in [-0.05, 0) is 49.2 Å². The van der Waals surface area contributed by atoms with E-state index in [1.54, 1.807) is 41.3 Å². The number of aromatic nitrogens is 4. The molecule has 5 rings (SSSR count). The van der Waals surface area contributed by atoms with Crippen LogP contribution >= 0.6 is 0 Å². The van der Waals surface area contributed by atoms with E-state index in [1.165, 1.54) is 0 Å². The Bertz CT molecular complexity index is 1400. The summed E-state index contributed by atoms with van der Waals surface area (Å²) in [5.74, 6) is -0.341. The van der Waals surface area contributed by atoms with Crippen LogP contribution in [0, 0.1) is 0 Å². The minimum Gasteiger partial charge on any atom is -0.366 e. The number of likely N-dealkylation sites (tertiary alicyclic amines) is 1. The van der Waals surface area contributed by atoms with Crippen molar-refractivity contribution in [1.29, 1.82) is 0 Å². The Kier molecular flexibility index (Phi) is 6.10. The fourth-order valence-electron chi connectivity index (χ4n) is 4.53. The number of nitrogens with two attached hydrogens (primary N) is 1. The van der Waals surface area contributed by atoms with Crippen LogP contribution in [-0.2, 0) is 7.05 Å². The summed E-state index contributed by atoms with van der Waals surface area (Å²) in [7, 11) is 1.85. The summed E-state index contributed by atoms with van der Waals surface area (Å²) in [4.78, 5) is 36.1. The summed E-state index contributed by atoms with van der Waals surface area (Å²) < 4.78 is 1.71. The molecule has 0 saturated carbocycles. The lowest BCUT2D eigenvalue weighted by Gasteiger charge is -2.32. The summed E-state index contributed by atoms with van der Waals surface area (Å²) in [6.45, 7) is 1.31. The highest BCUT2D eigenvalue weighted by atomic mass is 16.2. The molecule has 4 heterocycles. The molecule has 4 aromatic rings. The molecule has 0 spiro atoms. The van der Waals surface area contributed by atoms with Gasteiger partial charge in [0, 0.05) is 66.4 Å². The standard InChI is InChI=1S/C27H26N6O2/c1-32-16-22(15-30-32)25-14-20(10-11-29-25)27(35)33-12-4-7-21(17-33)24-9-3-8-23(31-24)18-5-2-6-19(13-18)26(28)34/h2-3,5-6,8-11,13-16,21H,4,7,12,17H2,1H3,(H2,28,34)/t21-/m0/s1. The van der Waals surface area contributed by atoms with Gasteiger partial charge in [-0.2, -0.15) is 5.10 Å². The molecule has 0 aliphatic carbocycles. The molecule has 176 valence electrons. The maximum absolute atomic E-state index is 13.4. The van der Waals surface area contributed by atoms with Crippen molar-refractivity contribution < 1.29 is 9.59 Å². The van der Waals surface area contributed by atoms with Gasteiger partial charge < -0.3 is 10.6 Å². The second-order valence-corrected chi connectivity index (χ2v) is 8.82. The quantitative estimate of drug-likeness (QED) is 0.483. The van der Waals surface area contributed by atoms with Crippen LogP contribution in [0.15, 0.2) is 73.2 Å². The van der Waals surface area contributed by atoms with Gasteiger partial charge >= 0.3 is 0 Å². The highest BCUT2D eigenvalue weighted by Gasteiger charge is 2.27. The predicted molar refractivity (Wildman–Crippen MR) is 133 cm³/mol. The molecule has 1 atom stereocenters. The number of nitrogens with zero attached hydrogens (tertiary/aromatic N) is 5. The first-order valence-corrected chi connectivity index (χ1v) is 11.6. The SMILES string of the molecule is Cn1cc(-c2cc(C(=O)N3CCC[C@H](c4cccc(-c5cccc(C(N)=O)c5)n4)C3)ccn2)cn1. The Morgan fingerprint density at radius 2 is 1.86 bits per heavy atom. The van der Waals surface area contributed by atoms with Crippen molar-refractivity contribution in [2.45, 2.75) is 18.8 Å². The summed E-state index contributed by atoms with van der Waals surface area (Å²) in [5, 5.41) is 4.19. The molecule has 1 saturated heterocycles. The Labute approximate surface area is 203 Å². The third kappa shape index (κ3) is 4.82. The lowest BCUT2D eigenvalue weighted by molar-refractivity contribution is 0.0705. The smallest absolute Gasteiger partial charge is 0.254 e. The zero-order valence-electron chi connectivity index (χ0n) is 19.5. The van der Waals surface area contributed by atoms with Gasteiger partial charge in [-0.15, -0.1) is 0 Å². The summed E-state index contributed by atoms with van der Waals surface area (Å²) in [5.41, 5.74) is 10.7. The summed E-state index contributed by atoms with van der Waals surface area (Å²) >= 11 is 0. The number of piperidine rings is 1. The molecular weight excluding hydrogens is 440 g/mol. The lowest BCUT2D eigenvalue weighted by Crippen LogP contribution is -2.39. The lowest BCUT2D eigenvalue weighted by atomic mass is 9.93. The zero-order chi connectivity index (χ0) is 24.4. The van der Waals surface area contributed by atoms with Crippen LogP contribution in [0.5, 0.6) is 0 Å². The average molecular weight is 467 g/mol. The van der Waals surface area contributed by atoms with E-state index in [1.807, 2.05) is 48.5 Å². The van der Waals surface area contributed by atoms with Crippen LogP contribution in [-0.4, -0.2) is 49.6 Å². The van der Waals surface area contributed by atoms with Gasteiger partial charge in [-0.3, -0.25) is 24.2 Å². The van der Waals surface area contributed by atoms with Crippen LogP contribution in [0.2, 0.25) is 0 Å². The number of carbonyl (C=O) groups excluding carboxylic acids is 2. The Morgan fingerprint density at radius 1 is 1.00 bits per heavy atom. The topological polar surface area (TPSA) is 107 Å². The van der Waals surface area contributed by atoms with Crippen LogP contribution in [0.3, 0.4) is 0 Å². The first-order chi connectivity index (χ1) is 17.0. The van der Waals surface area contributed by atoms with Crippen LogP contribution < -0.4 is 5.73 Å². The van der Waals surface area contributed by atoms with Gasteiger partial charge in [0.15, 0.2) is 0 Å². The molecule has 1 aliphatic rings. The molecule has 8 nitrogen and oxygen atoms in total. The van der Waals surface area contributed by atoms with Crippen LogP contribution in [0.1, 0.15) is 45.2 Å². The molecule has 8 heteroatoms. The molecular formula is C27H26N6O2. The molecule has 1 aliphatic heterocycles. The van der Waals surface area contributed by atoms with Crippen molar-refractivity contribution in [2.24, 2.45) is 12.8 Å². The number of carbonyl (C=O) groups is 2. The van der Waals surface area contributed by atoms with Gasteiger partial charge in [0.05, 0.1) is 17.6 Å². The van der Waals surface area contributed by atoms with E-state index in [9.17, 15) is 9.59 Å². The van der Waals surface area contributed by atoms with E-state index < -0.39 is 5.91 Å². The highest BCUT2D eigenvalue weighted by Crippen LogP contribution is 2.29. The van der Waals surface area contributed by atoms with Gasteiger partial charge in [0.25, 0.3) is 5.91 Å². The fourth-order valence-corrected chi connectivity index (χ4v) is 4.53. The Balaban J connectivity index is 1.35. The number of amides is 2. The highest BCUT2D eigenvalue weighted by molar-refractivity contribution is 5.95. The van der Waals surface area contributed by atoms with Crippen molar-refractivity contribution in [3.63, 3.8) is 0 Å². The largest absolute Gasteiger partial charge is 0.366 e. The number of aryl methyl sites for hydroxylation is 1. The zero-order valence-corrected chi connectivity index (χ0v) is 19.5. The van der Waals surface area contributed by atoms with E-state index in [4.69, 9.17) is 10.7 Å². The molecule has 0 bridgehead atoms. The number of hydrogen-bond acceptors (Lipinski definition) is 5. The number of primary amides is 1. The number of rotatable bonds is 5. The number of hydrogen-bond donors (Lipinski definition) is 1. The maximum Gasteiger partial charge on any atom is 0.254 e. The monoisotopic (exact) mass is 466 g/mol. The molecule has 2 amide bonds. The molecule has 35 heavy (non-hydrogen) atoms. The van der Waals surface area contributed by atoms with Crippen LogP contribution in [0.25, 0.3) is 22.5 Å². The van der Waals surface area contributed by atoms with Crippen molar-refractivity contribution in [1.82, 2.24) is 24.6 Å². The molecule has 1 aromatic carbocycles. The van der Waals surface area contributed by atoms with Gasteiger partial charge in [-0.1, -0.05) is 18.2 Å². The molecule has 0 radical (unpaired) electrons. The van der Waals surface area contributed by atoms with Crippen LogP contribution in [0.4, 0.5) is 0 Å². The second kappa shape index (κ2) is 9.50.